The summed E-state index contributed by atoms with van der Waals surface area (Å²) in [6, 6.07) is 11.5. The highest BCUT2D eigenvalue weighted by molar-refractivity contribution is 6.10. The second-order valence-corrected chi connectivity index (χ2v) is 7.99. The number of nitrogens with one attached hydrogen (secondary N) is 2. The van der Waals surface area contributed by atoms with Crippen LogP contribution in [0.5, 0.6) is 11.5 Å². The molecule has 3 amide bonds. The van der Waals surface area contributed by atoms with Crippen molar-refractivity contribution in [2.75, 3.05) is 37.1 Å². The molecule has 2 N–H and O–H groups in total. The molecule has 2 aromatic rings. The highest BCUT2D eigenvalue weighted by Gasteiger charge is 2.33. The fraction of sp³-hybridized carbons (Fsp3) is 0.348. The number of nitrogens with zero attached hydrogens (tertiary/aromatic N) is 1. The van der Waals surface area contributed by atoms with E-state index >= 15 is 0 Å². The van der Waals surface area contributed by atoms with Crippen molar-refractivity contribution in [2.45, 2.75) is 19.0 Å². The quantitative estimate of drug-likeness (QED) is 0.652. The van der Waals surface area contributed by atoms with Crippen LogP contribution in [-0.4, -0.2) is 55.5 Å². The zero-order valence-electron chi connectivity index (χ0n) is 18.4. The number of halogens is 3. The van der Waals surface area contributed by atoms with Crippen LogP contribution >= 0.6 is 0 Å². The molecule has 0 atom stereocenters. The zero-order chi connectivity index (χ0) is 25.0. The van der Waals surface area contributed by atoms with Gasteiger partial charge in [0, 0.05) is 30.8 Å². The molecule has 2 heterocycles. The molecule has 0 radical (unpaired) electrons. The Hall–Kier alpha value is -3.96. The number of anilines is 2. The fourth-order valence-electron chi connectivity index (χ4n) is 3.76. The predicted molar refractivity (Wildman–Crippen MR) is 117 cm³/mol. The van der Waals surface area contributed by atoms with Gasteiger partial charge in [-0.2, -0.15) is 13.2 Å². The largest absolute Gasteiger partial charge is 0.454 e. The van der Waals surface area contributed by atoms with Gasteiger partial charge in [0.1, 0.15) is 0 Å². The molecule has 2 aromatic carbocycles. The van der Waals surface area contributed by atoms with Crippen LogP contribution in [0.25, 0.3) is 0 Å². The molecule has 0 unspecified atom stereocenters. The lowest BCUT2D eigenvalue weighted by molar-refractivity contribution is -0.162. The molecule has 186 valence electrons. The van der Waals surface area contributed by atoms with Gasteiger partial charge in [0.2, 0.25) is 12.7 Å². The smallest absolute Gasteiger partial charge is 0.422 e. The molecule has 0 aliphatic carbocycles. The first-order valence-electron chi connectivity index (χ1n) is 10.8. The summed E-state index contributed by atoms with van der Waals surface area (Å²) in [5.41, 5.74) is 1.04. The number of carbonyl (C=O) groups excluding carboxylic acids is 3. The van der Waals surface area contributed by atoms with Gasteiger partial charge in [-0.05, 0) is 37.1 Å². The second kappa shape index (κ2) is 10.1. The van der Waals surface area contributed by atoms with E-state index in [1.165, 1.54) is 0 Å². The molecule has 2 aliphatic heterocycles. The van der Waals surface area contributed by atoms with Gasteiger partial charge in [-0.25, -0.2) is 4.79 Å². The Balaban J connectivity index is 1.33. The lowest BCUT2D eigenvalue weighted by atomic mass is 9.96. The summed E-state index contributed by atoms with van der Waals surface area (Å²) in [5.74, 6) is -0.182. The van der Waals surface area contributed by atoms with Crippen LogP contribution in [0.4, 0.5) is 29.3 Å². The van der Waals surface area contributed by atoms with Crippen LogP contribution in [0.2, 0.25) is 0 Å². The van der Waals surface area contributed by atoms with E-state index < -0.39 is 30.7 Å². The van der Waals surface area contributed by atoms with Crippen molar-refractivity contribution in [3.05, 3.63) is 48.0 Å². The number of hydrogen-bond acceptors (Lipinski definition) is 6. The topological polar surface area (TPSA) is 106 Å². The Bertz CT molecular complexity index is 1120. The fourth-order valence-corrected chi connectivity index (χ4v) is 3.76. The summed E-state index contributed by atoms with van der Waals surface area (Å²) in [4.78, 5) is 38.6. The number of alkyl halides is 3. The molecule has 9 nitrogen and oxygen atoms in total. The highest BCUT2D eigenvalue weighted by atomic mass is 19.4. The molecule has 0 aromatic heterocycles. The monoisotopic (exact) mass is 493 g/mol. The molecule has 0 spiro atoms. The standard InChI is InChI=1S/C23H22F3N3O6/c24-23(25,26)12-33-22(32)29-9-7-14(8-10-29)20(30)28-17-4-2-1-3-16(17)21(31)27-15-5-6-18-19(11-15)35-13-34-18/h1-6,11,14H,7-10,12-13H2,(H,27,31)(H,28,30). The van der Waals surface area contributed by atoms with Crippen LogP contribution in [0, 0.1) is 5.92 Å². The molecule has 1 fully saturated rings. The van der Waals surface area contributed by atoms with Gasteiger partial charge in [0.05, 0.1) is 11.3 Å². The number of ether oxygens (including phenoxy) is 3. The van der Waals surface area contributed by atoms with Crippen molar-refractivity contribution >= 4 is 29.3 Å². The Morgan fingerprint density at radius 2 is 1.71 bits per heavy atom. The Labute approximate surface area is 198 Å². The first kappa shape index (κ1) is 24.2. The maximum atomic E-state index is 12.9. The average Bonchev–Trinajstić information content (AvgIpc) is 3.30. The van der Waals surface area contributed by atoms with Crippen molar-refractivity contribution in [1.82, 2.24) is 4.90 Å². The number of rotatable bonds is 5. The number of likely N-dealkylation sites (tertiary alicyclic amines) is 1. The summed E-state index contributed by atoms with van der Waals surface area (Å²) >= 11 is 0. The molecule has 4 rings (SSSR count). The van der Waals surface area contributed by atoms with Crippen LogP contribution in [0.1, 0.15) is 23.2 Å². The van der Waals surface area contributed by atoms with Crippen LogP contribution < -0.4 is 20.1 Å². The zero-order valence-corrected chi connectivity index (χ0v) is 18.4. The molecular formula is C23H22F3N3O6. The molecule has 1 saturated heterocycles. The van der Waals surface area contributed by atoms with E-state index in [4.69, 9.17) is 9.47 Å². The van der Waals surface area contributed by atoms with Gasteiger partial charge < -0.3 is 29.7 Å². The van der Waals surface area contributed by atoms with Crippen LogP contribution in [0.15, 0.2) is 42.5 Å². The lowest BCUT2D eigenvalue weighted by Gasteiger charge is -2.30. The maximum Gasteiger partial charge on any atom is 0.422 e. The highest BCUT2D eigenvalue weighted by Crippen LogP contribution is 2.34. The minimum absolute atomic E-state index is 0.0843. The van der Waals surface area contributed by atoms with Crippen LogP contribution in [0.3, 0.4) is 0 Å². The third kappa shape index (κ3) is 6.14. The maximum absolute atomic E-state index is 12.9. The summed E-state index contributed by atoms with van der Waals surface area (Å²) in [6.07, 6.45) is -5.17. The third-order valence-corrected chi connectivity index (χ3v) is 5.54. The Morgan fingerprint density at radius 3 is 2.46 bits per heavy atom. The number of piperidine rings is 1. The number of amides is 3. The number of benzene rings is 2. The minimum atomic E-state index is -4.60. The van der Waals surface area contributed by atoms with E-state index in [2.05, 4.69) is 15.4 Å². The summed E-state index contributed by atoms with van der Waals surface area (Å²) in [7, 11) is 0. The number of para-hydroxylation sites is 1. The number of hydrogen-bond donors (Lipinski definition) is 2. The summed E-state index contributed by atoms with van der Waals surface area (Å²) in [6.45, 7) is -1.38. The van der Waals surface area contributed by atoms with Gasteiger partial charge in [-0.3, -0.25) is 9.59 Å². The summed E-state index contributed by atoms with van der Waals surface area (Å²) in [5, 5.41) is 5.51. The lowest BCUT2D eigenvalue weighted by Crippen LogP contribution is -2.42. The van der Waals surface area contributed by atoms with Gasteiger partial charge in [0.15, 0.2) is 18.1 Å². The van der Waals surface area contributed by atoms with Crippen LogP contribution in [-0.2, 0) is 9.53 Å². The number of carbonyl (C=O) groups is 3. The van der Waals surface area contributed by atoms with Crippen molar-refractivity contribution in [3.63, 3.8) is 0 Å². The second-order valence-electron chi connectivity index (χ2n) is 7.99. The Kier molecular flexibility index (Phi) is 6.99. The molecule has 2 aliphatic rings. The van der Waals surface area contributed by atoms with E-state index in [0.717, 1.165) is 4.90 Å². The summed E-state index contributed by atoms with van der Waals surface area (Å²) < 4.78 is 51.5. The van der Waals surface area contributed by atoms with Gasteiger partial charge >= 0.3 is 12.3 Å². The molecule has 0 saturated carbocycles. The van der Waals surface area contributed by atoms with E-state index in [1.54, 1.807) is 42.5 Å². The van der Waals surface area contributed by atoms with E-state index in [-0.39, 0.29) is 44.2 Å². The van der Waals surface area contributed by atoms with E-state index in [1.807, 2.05) is 0 Å². The molecule has 12 heteroatoms. The molecule has 35 heavy (non-hydrogen) atoms. The predicted octanol–water partition coefficient (Wildman–Crippen LogP) is 4.02. The van der Waals surface area contributed by atoms with Gasteiger partial charge in [-0.1, -0.05) is 12.1 Å². The first-order valence-corrected chi connectivity index (χ1v) is 10.8. The van der Waals surface area contributed by atoms with Gasteiger partial charge in [0.25, 0.3) is 5.91 Å². The van der Waals surface area contributed by atoms with Crippen molar-refractivity contribution in [2.24, 2.45) is 5.92 Å². The van der Waals surface area contributed by atoms with E-state index in [9.17, 15) is 27.6 Å². The average molecular weight is 493 g/mol. The molecular weight excluding hydrogens is 471 g/mol. The van der Waals surface area contributed by atoms with Crippen molar-refractivity contribution < 1.29 is 41.8 Å². The Morgan fingerprint density at radius 1 is 1.00 bits per heavy atom. The third-order valence-electron chi connectivity index (χ3n) is 5.54. The van der Waals surface area contributed by atoms with Crippen molar-refractivity contribution in [3.8, 4) is 11.5 Å². The SMILES string of the molecule is O=C(Nc1ccc2c(c1)OCO2)c1ccccc1NC(=O)C1CCN(C(=O)OCC(F)(F)F)CC1. The molecule has 0 bridgehead atoms. The number of fused-ring (bicyclic) bond motifs is 1. The normalized spacial score (nSPS) is 15.5. The van der Waals surface area contributed by atoms with Crippen molar-refractivity contribution in [1.29, 1.82) is 0 Å². The van der Waals surface area contributed by atoms with Gasteiger partial charge in [-0.15, -0.1) is 0 Å². The van der Waals surface area contributed by atoms with E-state index in [0.29, 0.717) is 22.9 Å². The minimum Gasteiger partial charge on any atom is -0.454 e. The first-order chi connectivity index (χ1) is 16.7.